The van der Waals surface area contributed by atoms with Crippen LogP contribution < -0.4 is 10.5 Å². The van der Waals surface area contributed by atoms with E-state index in [-0.39, 0.29) is 6.61 Å². The van der Waals surface area contributed by atoms with Gasteiger partial charge < -0.3 is 19.6 Å². The van der Waals surface area contributed by atoms with Gasteiger partial charge in [0.1, 0.15) is 11.3 Å². The molecule has 1 aromatic heterocycles. The maximum absolute atomic E-state index is 13.0. The van der Waals surface area contributed by atoms with E-state index in [2.05, 4.69) is 4.74 Å². The van der Waals surface area contributed by atoms with Gasteiger partial charge in [0.15, 0.2) is 0 Å². The Morgan fingerprint density at radius 3 is 2.89 bits per heavy atom. The van der Waals surface area contributed by atoms with Gasteiger partial charge in [0, 0.05) is 23.4 Å². The molecule has 0 unspecified atom stereocenters. The fraction of sp³-hybridized carbons (Fsp3) is 0.250. The summed E-state index contributed by atoms with van der Waals surface area (Å²) in [5, 5.41) is 0.615. The lowest BCUT2D eigenvalue weighted by Gasteiger charge is -2.08. The number of carbonyl (C=O) groups excluding carboxylic acids is 1. The standard InChI is InChI=1S/C12H12FNO4/c1-16-9-5-8-6-11(13)18-10(8)4-7(9)2-3-17-12(14)15/h4-6H,2-3H2,1H3,(H2,14,15). The molecule has 1 heterocycles. The van der Waals surface area contributed by atoms with Crippen LogP contribution in [0.25, 0.3) is 11.0 Å². The first-order valence-corrected chi connectivity index (χ1v) is 5.28. The number of primary amides is 1. The van der Waals surface area contributed by atoms with Crippen LogP contribution in [0.4, 0.5) is 9.18 Å². The highest BCUT2D eigenvalue weighted by atomic mass is 19.1. The zero-order valence-corrected chi connectivity index (χ0v) is 9.73. The molecule has 0 aliphatic carbocycles. The highest BCUT2D eigenvalue weighted by molar-refractivity contribution is 5.80. The lowest BCUT2D eigenvalue weighted by Crippen LogP contribution is -2.14. The third kappa shape index (κ3) is 2.53. The van der Waals surface area contributed by atoms with Crippen molar-refractivity contribution in [1.82, 2.24) is 0 Å². The zero-order valence-electron chi connectivity index (χ0n) is 9.73. The average molecular weight is 253 g/mol. The van der Waals surface area contributed by atoms with Crippen LogP contribution in [0.3, 0.4) is 0 Å². The predicted octanol–water partition coefficient (Wildman–Crippen LogP) is 2.22. The SMILES string of the molecule is COc1cc2cc(F)oc2cc1CCOC(N)=O. The lowest BCUT2D eigenvalue weighted by atomic mass is 10.1. The van der Waals surface area contributed by atoms with Crippen LogP contribution in [0.2, 0.25) is 0 Å². The molecular weight excluding hydrogens is 241 g/mol. The Kier molecular flexibility index (Phi) is 3.36. The van der Waals surface area contributed by atoms with Gasteiger partial charge in [-0.15, -0.1) is 0 Å². The Balaban J connectivity index is 2.26. The van der Waals surface area contributed by atoms with E-state index in [1.165, 1.54) is 13.2 Å². The molecule has 0 fully saturated rings. The van der Waals surface area contributed by atoms with Crippen molar-refractivity contribution in [2.45, 2.75) is 6.42 Å². The summed E-state index contributed by atoms with van der Waals surface area (Å²) in [6.07, 6.45) is -0.427. The molecule has 2 N–H and O–H groups in total. The monoisotopic (exact) mass is 253 g/mol. The Hall–Kier alpha value is -2.24. The van der Waals surface area contributed by atoms with Crippen LogP contribution in [0.5, 0.6) is 5.75 Å². The van der Waals surface area contributed by atoms with Crippen molar-refractivity contribution in [2.75, 3.05) is 13.7 Å². The normalized spacial score (nSPS) is 10.6. The summed E-state index contributed by atoms with van der Waals surface area (Å²) in [4.78, 5) is 10.5. The first-order chi connectivity index (χ1) is 8.60. The molecule has 2 rings (SSSR count). The minimum atomic E-state index is -0.834. The van der Waals surface area contributed by atoms with Gasteiger partial charge >= 0.3 is 6.09 Å². The van der Waals surface area contributed by atoms with Crippen molar-refractivity contribution in [1.29, 1.82) is 0 Å². The molecule has 5 nitrogen and oxygen atoms in total. The van der Waals surface area contributed by atoms with E-state index in [9.17, 15) is 9.18 Å². The minimum absolute atomic E-state index is 0.125. The second-order valence-electron chi connectivity index (χ2n) is 3.67. The number of fused-ring (bicyclic) bond motifs is 1. The van der Waals surface area contributed by atoms with Gasteiger partial charge in [0.2, 0.25) is 0 Å². The Labute approximate surface area is 102 Å². The minimum Gasteiger partial charge on any atom is -0.496 e. The van der Waals surface area contributed by atoms with E-state index in [1.54, 1.807) is 12.1 Å². The number of carbonyl (C=O) groups is 1. The van der Waals surface area contributed by atoms with Gasteiger partial charge in [-0.3, -0.25) is 0 Å². The predicted molar refractivity (Wildman–Crippen MR) is 62.0 cm³/mol. The number of halogens is 1. The quantitative estimate of drug-likeness (QED) is 0.906. The van der Waals surface area contributed by atoms with Crippen molar-refractivity contribution in [3.63, 3.8) is 0 Å². The highest BCUT2D eigenvalue weighted by Gasteiger charge is 2.10. The first kappa shape index (κ1) is 12.2. The van der Waals surface area contributed by atoms with Crippen LogP contribution >= 0.6 is 0 Å². The summed E-state index contributed by atoms with van der Waals surface area (Å²) in [5.41, 5.74) is 6.03. The van der Waals surface area contributed by atoms with Crippen molar-refractivity contribution in [3.05, 3.63) is 29.8 Å². The number of amides is 1. The number of ether oxygens (including phenoxy) is 2. The molecule has 1 amide bonds. The van der Waals surface area contributed by atoms with E-state index in [4.69, 9.17) is 14.9 Å². The van der Waals surface area contributed by atoms with Crippen molar-refractivity contribution >= 4 is 17.1 Å². The molecule has 96 valence electrons. The van der Waals surface area contributed by atoms with Crippen LogP contribution in [0, 0.1) is 6.01 Å². The molecular formula is C12H12FNO4. The Bertz CT molecular complexity index is 579. The molecule has 0 saturated heterocycles. The largest absolute Gasteiger partial charge is 0.496 e. The Morgan fingerprint density at radius 2 is 2.22 bits per heavy atom. The van der Waals surface area contributed by atoms with E-state index in [1.807, 2.05) is 0 Å². The number of rotatable bonds is 4. The molecule has 2 aromatic rings. The molecule has 0 radical (unpaired) electrons. The average Bonchev–Trinajstić information content (AvgIpc) is 2.66. The maximum Gasteiger partial charge on any atom is 0.404 e. The molecule has 1 aromatic carbocycles. The second-order valence-corrected chi connectivity index (χ2v) is 3.67. The number of furan rings is 1. The highest BCUT2D eigenvalue weighted by Crippen LogP contribution is 2.28. The molecule has 0 atom stereocenters. The topological polar surface area (TPSA) is 74.7 Å². The summed E-state index contributed by atoms with van der Waals surface area (Å²) < 4.78 is 27.7. The van der Waals surface area contributed by atoms with Crippen LogP contribution in [-0.4, -0.2) is 19.8 Å². The number of nitrogens with two attached hydrogens (primary N) is 1. The second kappa shape index (κ2) is 4.95. The summed E-state index contributed by atoms with van der Waals surface area (Å²) in [6.45, 7) is 0.125. The third-order valence-electron chi connectivity index (χ3n) is 2.51. The first-order valence-electron chi connectivity index (χ1n) is 5.28. The van der Waals surface area contributed by atoms with Gasteiger partial charge in [-0.2, -0.15) is 4.39 Å². The van der Waals surface area contributed by atoms with Gasteiger partial charge in [-0.25, -0.2) is 4.79 Å². The van der Waals surface area contributed by atoms with Crippen LogP contribution in [0.1, 0.15) is 5.56 Å². The summed E-state index contributed by atoms with van der Waals surface area (Å²) in [5.74, 6) is 0.580. The van der Waals surface area contributed by atoms with E-state index in [0.29, 0.717) is 23.1 Å². The molecule has 18 heavy (non-hydrogen) atoms. The lowest BCUT2D eigenvalue weighted by molar-refractivity contribution is 0.158. The molecule has 0 aliphatic heterocycles. The number of benzene rings is 1. The fourth-order valence-electron chi connectivity index (χ4n) is 1.72. The van der Waals surface area contributed by atoms with Crippen LogP contribution in [-0.2, 0) is 11.2 Å². The zero-order chi connectivity index (χ0) is 13.1. The molecule has 0 spiro atoms. The molecule has 0 bridgehead atoms. The van der Waals surface area contributed by atoms with Crippen molar-refractivity contribution in [3.8, 4) is 5.75 Å². The van der Waals surface area contributed by atoms with Gasteiger partial charge in [-0.1, -0.05) is 0 Å². The van der Waals surface area contributed by atoms with E-state index < -0.39 is 12.1 Å². The van der Waals surface area contributed by atoms with E-state index in [0.717, 1.165) is 5.56 Å². The molecule has 6 heteroatoms. The Morgan fingerprint density at radius 1 is 1.44 bits per heavy atom. The van der Waals surface area contributed by atoms with Crippen molar-refractivity contribution < 1.29 is 23.1 Å². The number of hydrogen-bond donors (Lipinski definition) is 1. The van der Waals surface area contributed by atoms with Gasteiger partial charge in [-0.05, 0) is 12.1 Å². The number of methoxy groups -OCH3 is 1. The van der Waals surface area contributed by atoms with E-state index >= 15 is 0 Å². The van der Waals surface area contributed by atoms with Gasteiger partial charge in [0.25, 0.3) is 6.01 Å². The maximum atomic E-state index is 13.0. The summed E-state index contributed by atoms with van der Waals surface area (Å²) >= 11 is 0. The van der Waals surface area contributed by atoms with Crippen molar-refractivity contribution in [2.24, 2.45) is 5.73 Å². The van der Waals surface area contributed by atoms with Gasteiger partial charge in [0.05, 0.1) is 13.7 Å². The molecule has 0 aliphatic rings. The fourth-order valence-corrected chi connectivity index (χ4v) is 1.72. The summed E-state index contributed by atoms with van der Waals surface area (Å²) in [6, 6.07) is 3.95. The van der Waals surface area contributed by atoms with Crippen LogP contribution in [0.15, 0.2) is 22.6 Å². The smallest absolute Gasteiger partial charge is 0.404 e. The third-order valence-corrected chi connectivity index (χ3v) is 2.51. The molecule has 0 saturated carbocycles. The summed E-state index contributed by atoms with van der Waals surface area (Å²) in [7, 11) is 1.51. The number of hydrogen-bond acceptors (Lipinski definition) is 4.